The molecular formula is C16H15NO2. The molecule has 3 nitrogen and oxygen atoms in total. The van der Waals surface area contributed by atoms with Gasteiger partial charge in [-0.3, -0.25) is 0 Å². The Kier molecular flexibility index (Phi) is 3.21. The minimum Gasteiger partial charge on any atom is -0.480 e. The normalized spacial score (nSPS) is 12.5. The van der Waals surface area contributed by atoms with Gasteiger partial charge in [0.2, 0.25) is 0 Å². The van der Waals surface area contributed by atoms with E-state index in [1.165, 1.54) is 0 Å². The summed E-state index contributed by atoms with van der Waals surface area (Å²) in [6.07, 6.45) is 1.37. The Morgan fingerprint density at radius 2 is 1.84 bits per heavy atom. The van der Waals surface area contributed by atoms with Crippen LogP contribution in [0.2, 0.25) is 0 Å². The molecule has 96 valence electrons. The second-order valence-corrected chi connectivity index (χ2v) is 4.33. The van der Waals surface area contributed by atoms with Crippen molar-refractivity contribution in [1.29, 1.82) is 0 Å². The van der Waals surface area contributed by atoms with Crippen molar-refractivity contribution in [1.82, 2.24) is 0 Å². The number of rotatable bonds is 4. The lowest BCUT2D eigenvalue weighted by molar-refractivity contribution is 0.186. The summed E-state index contributed by atoms with van der Waals surface area (Å²) in [5.74, 6) is 1.57. The number of nitrogens with two attached hydrogens (primary N) is 1. The maximum absolute atomic E-state index is 6.00. The molecule has 2 N–H and O–H groups in total. The van der Waals surface area contributed by atoms with Crippen LogP contribution in [0, 0.1) is 0 Å². The van der Waals surface area contributed by atoms with Gasteiger partial charge in [-0.15, -0.1) is 0 Å². The molecule has 3 heteroatoms. The van der Waals surface area contributed by atoms with Gasteiger partial charge < -0.3 is 14.9 Å². The Morgan fingerprint density at radius 1 is 1.00 bits per heavy atom. The van der Waals surface area contributed by atoms with Crippen LogP contribution in [0.1, 0.15) is 11.9 Å². The van der Waals surface area contributed by atoms with E-state index in [2.05, 4.69) is 12.1 Å². The topological polar surface area (TPSA) is 48.4 Å². The molecule has 0 radical (unpaired) electrons. The van der Waals surface area contributed by atoms with E-state index < -0.39 is 0 Å². The van der Waals surface area contributed by atoms with Crippen molar-refractivity contribution in [2.24, 2.45) is 5.73 Å². The van der Waals surface area contributed by atoms with Crippen LogP contribution in [0.5, 0.6) is 5.75 Å². The molecule has 0 spiro atoms. The zero-order valence-corrected chi connectivity index (χ0v) is 10.5. The van der Waals surface area contributed by atoms with Crippen LogP contribution in [0.15, 0.2) is 65.3 Å². The SMILES string of the molecule is NCC(Oc1cccc2ccccc12)c1ccco1. The molecule has 3 aromatic rings. The average molecular weight is 253 g/mol. The fourth-order valence-electron chi connectivity index (χ4n) is 2.15. The van der Waals surface area contributed by atoms with Crippen LogP contribution in [0.3, 0.4) is 0 Å². The second kappa shape index (κ2) is 5.16. The van der Waals surface area contributed by atoms with Crippen LogP contribution in [-0.4, -0.2) is 6.54 Å². The van der Waals surface area contributed by atoms with E-state index in [4.69, 9.17) is 14.9 Å². The summed E-state index contributed by atoms with van der Waals surface area (Å²) in [6, 6.07) is 17.8. The third-order valence-electron chi connectivity index (χ3n) is 3.09. The van der Waals surface area contributed by atoms with Gasteiger partial charge in [0.05, 0.1) is 6.26 Å². The quantitative estimate of drug-likeness (QED) is 0.774. The van der Waals surface area contributed by atoms with Crippen LogP contribution in [0.25, 0.3) is 10.8 Å². The number of fused-ring (bicyclic) bond motifs is 1. The van der Waals surface area contributed by atoms with E-state index in [1.54, 1.807) is 6.26 Å². The molecule has 0 saturated carbocycles. The first-order valence-corrected chi connectivity index (χ1v) is 6.26. The zero-order valence-electron chi connectivity index (χ0n) is 10.5. The van der Waals surface area contributed by atoms with E-state index >= 15 is 0 Å². The first-order valence-electron chi connectivity index (χ1n) is 6.26. The fraction of sp³-hybridized carbons (Fsp3) is 0.125. The molecule has 0 aliphatic rings. The molecule has 0 bridgehead atoms. The summed E-state index contributed by atoms with van der Waals surface area (Å²) in [6.45, 7) is 0.372. The second-order valence-electron chi connectivity index (χ2n) is 4.33. The largest absolute Gasteiger partial charge is 0.480 e. The Hall–Kier alpha value is -2.26. The average Bonchev–Trinajstić information content (AvgIpc) is 2.99. The number of hydrogen-bond acceptors (Lipinski definition) is 3. The van der Waals surface area contributed by atoms with Gasteiger partial charge in [-0.05, 0) is 23.6 Å². The maximum atomic E-state index is 6.00. The van der Waals surface area contributed by atoms with Crippen molar-refractivity contribution in [2.45, 2.75) is 6.10 Å². The van der Waals surface area contributed by atoms with Gasteiger partial charge in [-0.1, -0.05) is 36.4 Å². The third-order valence-corrected chi connectivity index (χ3v) is 3.09. The minimum absolute atomic E-state index is 0.263. The van der Waals surface area contributed by atoms with Crippen molar-refractivity contribution in [3.63, 3.8) is 0 Å². The predicted octanol–water partition coefficient (Wildman–Crippen LogP) is 3.51. The van der Waals surface area contributed by atoms with Gasteiger partial charge >= 0.3 is 0 Å². The molecule has 0 fully saturated rings. The third kappa shape index (κ3) is 2.33. The van der Waals surface area contributed by atoms with E-state index in [-0.39, 0.29) is 6.10 Å². The highest BCUT2D eigenvalue weighted by Gasteiger charge is 2.15. The highest BCUT2D eigenvalue weighted by molar-refractivity contribution is 5.88. The fourth-order valence-corrected chi connectivity index (χ4v) is 2.15. The lowest BCUT2D eigenvalue weighted by Gasteiger charge is -2.16. The first kappa shape index (κ1) is 11.8. The lowest BCUT2D eigenvalue weighted by Crippen LogP contribution is -2.17. The van der Waals surface area contributed by atoms with Gasteiger partial charge in [-0.25, -0.2) is 0 Å². The van der Waals surface area contributed by atoms with Crippen molar-refractivity contribution < 1.29 is 9.15 Å². The zero-order chi connectivity index (χ0) is 13.1. The van der Waals surface area contributed by atoms with Crippen molar-refractivity contribution in [3.05, 3.63) is 66.6 Å². The Morgan fingerprint density at radius 3 is 2.63 bits per heavy atom. The summed E-state index contributed by atoms with van der Waals surface area (Å²) >= 11 is 0. The van der Waals surface area contributed by atoms with Gasteiger partial charge in [0, 0.05) is 11.9 Å². The Bertz CT molecular complexity index is 656. The molecule has 19 heavy (non-hydrogen) atoms. The molecule has 0 aliphatic heterocycles. The summed E-state index contributed by atoms with van der Waals surface area (Å²) in [4.78, 5) is 0. The molecule has 0 amide bonds. The number of hydrogen-bond donors (Lipinski definition) is 1. The molecule has 0 aliphatic carbocycles. The summed E-state index contributed by atoms with van der Waals surface area (Å²) in [7, 11) is 0. The van der Waals surface area contributed by atoms with Crippen LogP contribution in [0.4, 0.5) is 0 Å². The summed E-state index contributed by atoms with van der Waals surface area (Å²) in [5.41, 5.74) is 5.77. The van der Waals surface area contributed by atoms with Gasteiger partial charge in [0.25, 0.3) is 0 Å². The van der Waals surface area contributed by atoms with Crippen molar-refractivity contribution >= 4 is 10.8 Å². The predicted molar refractivity (Wildman–Crippen MR) is 75.1 cm³/mol. The highest BCUT2D eigenvalue weighted by atomic mass is 16.5. The molecule has 1 unspecified atom stereocenters. The van der Waals surface area contributed by atoms with Crippen LogP contribution < -0.4 is 10.5 Å². The van der Waals surface area contributed by atoms with E-state index in [0.29, 0.717) is 6.54 Å². The molecule has 1 aromatic heterocycles. The van der Waals surface area contributed by atoms with Crippen molar-refractivity contribution in [2.75, 3.05) is 6.54 Å². The Labute approximate surface area is 111 Å². The minimum atomic E-state index is -0.263. The maximum Gasteiger partial charge on any atom is 0.168 e. The summed E-state index contributed by atoms with van der Waals surface area (Å²) < 4.78 is 11.4. The molecule has 3 rings (SSSR count). The first-order chi connectivity index (χ1) is 9.38. The van der Waals surface area contributed by atoms with Crippen LogP contribution >= 0.6 is 0 Å². The van der Waals surface area contributed by atoms with Crippen LogP contribution in [-0.2, 0) is 0 Å². The standard InChI is InChI=1S/C16H15NO2/c17-11-16(15-9-4-10-18-15)19-14-8-3-6-12-5-1-2-7-13(12)14/h1-10,16H,11,17H2. The van der Waals surface area contributed by atoms with E-state index in [1.807, 2.05) is 42.5 Å². The highest BCUT2D eigenvalue weighted by Crippen LogP contribution is 2.29. The molecule has 2 aromatic carbocycles. The van der Waals surface area contributed by atoms with Gasteiger partial charge in [0.1, 0.15) is 11.5 Å². The molecule has 1 atom stereocenters. The van der Waals surface area contributed by atoms with Crippen molar-refractivity contribution in [3.8, 4) is 5.75 Å². The van der Waals surface area contributed by atoms with E-state index in [0.717, 1.165) is 22.3 Å². The summed E-state index contributed by atoms with van der Waals surface area (Å²) in [5, 5.41) is 2.23. The van der Waals surface area contributed by atoms with E-state index in [9.17, 15) is 0 Å². The molecule has 1 heterocycles. The Balaban J connectivity index is 1.96. The molecular weight excluding hydrogens is 238 g/mol. The molecule has 0 saturated heterocycles. The number of furan rings is 1. The lowest BCUT2D eigenvalue weighted by atomic mass is 10.1. The number of ether oxygens (including phenoxy) is 1. The van der Waals surface area contributed by atoms with Gasteiger partial charge in [-0.2, -0.15) is 0 Å². The van der Waals surface area contributed by atoms with Gasteiger partial charge in [0.15, 0.2) is 6.10 Å². The monoisotopic (exact) mass is 253 g/mol. The smallest absolute Gasteiger partial charge is 0.168 e. The number of benzene rings is 2.